The van der Waals surface area contributed by atoms with Gasteiger partial charge in [0.2, 0.25) is 0 Å². The van der Waals surface area contributed by atoms with Crippen LogP contribution in [0.15, 0.2) is 0 Å². The van der Waals surface area contributed by atoms with Gasteiger partial charge in [0.1, 0.15) is 0 Å². The zero-order chi connectivity index (χ0) is 10.8. The average molecular weight is 199 g/mol. The van der Waals surface area contributed by atoms with Gasteiger partial charge in [-0.25, -0.2) is 0 Å². The Hall–Kier alpha value is -0.0400. The summed E-state index contributed by atoms with van der Waals surface area (Å²) >= 11 is 0. The molecule has 0 aromatic heterocycles. The highest BCUT2D eigenvalue weighted by Crippen LogP contribution is 2.23. The molecule has 0 aromatic rings. The van der Waals surface area contributed by atoms with Gasteiger partial charge >= 0.3 is 0 Å². The third-order valence-corrected chi connectivity index (χ3v) is 3.15. The lowest BCUT2D eigenvalue weighted by Gasteiger charge is -2.20. The summed E-state index contributed by atoms with van der Waals surface area (Å²) in [5.41, 5.74) is 5.55. The van der Waals surface area contributed by atoms with Crippen molar-refractivity contribution in [3.63, 3.8) is 0 Å². The van der Waals surface area contributed by atoms with Gasteiger partial charge in [-0.1, -0.05) is 52.9 Å². The Kier molecular flexibility index (Phi) is 9.49. The molecule has 0 heterocycles. The quantitative estimate of drug-likeness (QED) is 0.559. The molecule has 1 heteroatoms. The van der Waals surface area contributed by atoms with E-state index in [1.54, 1.807) is 0 Å². The van der Waals surface area contributed by atoms with Gasteiger partial charge in [-0.3, -0.25) is 0 Å². The maximum absolute atomic E-state index is 5.55. The van der Waals surface area contributed by atoms with Crippen LogP contribution in [-0.4, -0.2) is 6.54 Å². The normalized spacial score (nSPS) is 13.5. The van der Waals surface area contributed by atoms with Crippen molar-refractivity contribution in [2.75, 3.05) is 6.54 Å². The zero-order valence-corrected chi connectivity index (χ0v) is 10.4. The molecule has 14 heavy (non-hydrogen) atoms. The van der Waals surface area contributed by atoms with Crippen molar-refractivity contribution in [3.05, 3.63) is 0 Å². The van der Waals surface area contributed by atoms with Crippen molar-refractivity contribution in [1.29, 1.82) is 0 Å². The summed E-state index contributed by atoms with van der Waals surface area (Å²) in [6, 6.07) is 0. The van der Waals surface area contributed by atoms with Crippen molar-refractivity contribution in [1.82, 2.24) is 0 Å². The first-order chi connectivity index (χ1) is 6.72. The highest BCUT2D eigenvalue weighted by molar-refractivity contribution is 4.64. The third-order valence-electron chi connectivity index (χ3n) is 3.15. The minimum atomic E-state index is 0.836. The Bertz CT molecular complexity index is 110. The molecule has 2 N–H and O–H groups in total. The molecule has 0 aromatic carbocycles. The highest BCUT2D eigenvalue weighted by atomic mass is 14.5. The number of nitrogens with two attached hydrogens (primary N) is 1. The van der Waals surface area contributed by atoms with E-state index in [0.717, 1.165) is 18.4 Å². The fraction of sp³-hybridized carbons (Fsp3) is 1.00. The molecule has 1 nitrogen and oxygen atoms in total. The second-order valence-corrected chi connectivity index (χ2v) is 4.78. The lowest BCUT2D eigenvalue weighted by Crippen LogP contribution is -2.11. The molecule has 86 valence electrons. The molecule has 0 bridgehead atoms. The van der Waals surface area contributed by atoms with Crippen LogP contribution < -0.4 is 5.73 Å². The van der Waals surface area contributed by atoms with Gasteiger partial charge in [-0.15, -0.1) is 0 Å². The number of unbranched alkanes of at least 4 members (excludes halogenated alkanes) is 3. The largest absolute Gasteiger partial charge is 0.330 e. The van der Waals surface area contributed by atoms with Crippen molar-refractivity contribution >= 4 is 0 Å². The van der Waals surface area contributed by atoms with Gasteiger partial charge in [0.15, 0.2) is 0 Å². The zero-order valence-electron chi connectivity index (χ0n) is 10.4. The Morgan fingerprint density at radius 2 is 1.57 bits per heavy atom. The van der Waals surface area contributed by atoms with Crippen molar-refractivity contribution in [2.24, 2.45) is 17.6 Å². The Morgan fingerprint density at radius 3 is 2.07 bits per heavy atom. The van der Waals surface area contributed by atoms with Crippen LogP contribution in [0, 0.1) is 11.8 Å². The van der Waals surface area contributed by atoms with Gasteiger partial charge in [0, 0.05) is 0 Å². The minimum absolute atomic E-state index is 0.836. The number of hydrogen-bond donors (Lipinski definition) is 1. The van der Waals surface area contributed by atoms with E-state index in [1.807, 2.05) is 0 Å². The van der Waals surface area contributed by atoms with Crippen molar-refractivity contribution in [2.45, 2.75) is 65.7 Å². The van der Waals surface area contributed by atoms with Crippen LogP contribution in [0.5, 0.6) is 0 Å². The average Bonchev–Trinajstić information content (AvgIpc) is 2.16. The number of hydrogen-bond acceptors (Lipinski definition) is 1. The monoisotopic (exact) mass is 199 g/mol. The minimum Gasteiger partial charge on any atom is -0.330 e. The summed E-state index contributed by atoms with van der Waals surface area (Å²) in [4.78, 5) is 0. The van der Waals surface area contributed by atoms with Gasteiger partial charge < -0.3 is 5.73 Å². The van der Waals surface area contributed by atoms with Gasteiger partial charge in [-0.2, -0.15) is 0 Å². The molecule has 1 unspecified atom stereocenters. The molecule has 0 saturated carbocycles. The first kappa shape index (κ1) is 14.0. The van der Waals surface area contributed by atoms with Crippen LogP contribution in [0.4, 0.5) is 0 Å². The van der Waals surface area contributed by atoms with Gasteiger partial charge in [0.25, 0.3) is 0 Å². The molecule has 0 aliphatic heterocycles. The van der Waals surface area contributed by atoms with Crippen LogP contribution in [0.3, 0.4) is 0 Å². The Morgan fingerprint density at radius 1 is 0.929 bits per heavy atom. The molecule has 0 aliphatic rings. The standard InChI is InChI=1S/C13H29N/c1-4-5-6-7-9-13(12(2)3)10-8-11-14/h12-13H,4-11,14H2,1-3H3. The topological polar surface area (TPSA) is 26.0 Å². The molecule has 0 saturated heterocycles. The Labute approximate surface area is 90.5 Å². The molecule has 0 radical (unpaired) electrons. The van der Waals surface area contributed by atoms with E-state index in [2.05, 4.69) is 20.8 Å². The highest BCUT2D eigenvalue weighted by Gasteiger charge is 2.11. The fourth-order valence-corrected chi connectivity index (χ4v) is 2.02. The molecule has 1 atom stereocenters. The molecule has 0 aliphatic carbocycles. The van der Waals surface area contributed by atoms with Gasteiger partial charge in [0.05, 0.1) is 0 Å². The summed E-state index contributed by atoms with van der Waals surface area (Å²) in [7, 11) is 0. The van der Waals surface area contributed by atoms with Crippen molar-refractivity contribution < 1.29 is 0 Å². The SMILES string of the molecule is CCCCCCC(CCCN)C(C)C. The van der Waals surface area contributed by atoms with Crippen LogP contribution in [0.25, 0.3) is 0 Å². The summed E-state index contributed by atoms with van der Waals surface area (Å²) in [6.45, 7) is 7.83. The van der Waals surface area contributed by atoms with E-state index in [9.17, 15) is 0 Å². The molecule has 0 spiro atoms. The molecular formula is C13H29N. The molecule has 0 amide bonds. The van der Waals surface area contributed by atoms with Gasteiger partial charge in [-0.05, 0) is 31.2 Å². The number of rotatable bonds is 9. The predicted molar refractivity (Wildman–Crippen MR) is 65.4 cm³/mol. The van der Waals surface area contributed by atoms with E-state index in [-0.39, 0.29) is 0 Å². The molecule has 0 rings (SSSR count). The molecular weight excluding hydrogens is 170 g/mol. The smallest absolute Gasteiger partial charge is 0.00772 e. The fourth-order valence-electron chi connectivity index (χ4n) is 2.02. The van der Waals surface area contributed by atoms with Crippen LogP contribution in [0.2, 0.25) is 0 Å². The lowest BCUT2D eigenvalue weighted by atomic mass is 9.86. The first-order valence-corrected chi connectivity index (χ1v) is 6.42. The summed E-state index contributed by atoms with van der Waals surface area (Å²) < 4.78 is 0. The van der Waals surface area contributed by atoms with Crippen molar-refractivity contribution in [3.8, 4) is 0 Å². The van der Waals surface area contributed by atoms with E-state index in [0.29, 0.717) is 0 Å². The van der Waals surface area contributed by atoms with E-state index in [1.165, 1.54) is 44.9 Å². The summed E-state index contributed by atoms with van der Waals surface area (Å²) in [6.07, 6.45) is 9.54. The lowest BCUT2D eigenvalue weighted by molar-refractivity contribution is 0.319. The molecule has 0 fully saturated rings. The maximum Gasteiger partial charge on any atom is -0.00772 e. The second kappa shape index (κ2) is 9.51. The maximum atomic E-state index is 5.55. The predicted octanol–water partition coefficient (Wildman–Crippen LogP) is 3.97. The van der Waals surface area contributed by atoms with E-state index >= 15 is 0 Å². The Balaban J connectivity index is 3.52. The second-order valence-electron chi connectivity index (χ2n) is 4.78. The van der Waals surface area contributed by atoms with Crippen LogP contribution >= 0.6 is 0 Å². The summed E-state index contributed by atoms with van der Waals surface area (Å²) in [5.74, 6) is 1.75. The summed E-state index contributed by atoms with van der Waals surface area (Å²) in [5, 5.41) is 0. The van der Waals surface area contributed by atoms with Crippen LogP contribution in [-0.2, 0) is 0 Å². The van der Waals surface area contributed by atoms with Crippen LogP contribution in [0.1, 0.15) is 65.7 Å². The third kappa shape index (κ3) is 7.37. The van der Waals surface area contributed by atoms with E-state index < -0.39 is 0 Å². The van der Waals surface area contributed by atoms with E-state index in [4.69, 9.17) is 5.73 Å². The first-order valence-electron chi connectivity index (χ1n) is 6.42.